The molecule has 0 spiro atoms. The molecule has 80 valence electrons. The molecule has 3 heteroatoms. The summed E-state index contributed by atoms with van der Waals surface area (Å²) >= 11 is 0. The number of hydrogen-bond acceptors (Lipinski definition) is 2. The van der Waals surface area contributed by atoms with Crippen molar-refractivity contribution in [3.8, 4) is 0 Å². The summed E-state index contributed by atoms with van der Waals surface area (Å²) in [6.07, 6.45) is 2.98. The number of carbonyl (C=O) groups is 1. The highest BCUT2D eigenvalue weighted by Gasteiger charge is 2.16. The highest BCUT2D eigenvalue weighted by molar-refractivity contribution is 5.70. The van der Waals surface area contributed by atoms with Crippen molar-refractivity contribution in [1.29, 1.82) is 0 Å². The predicted molar refractivity (Wildman–Crippen MR) is 57.4 cm³/mol. The average molecular weight is 197 g/mol. The van der Waals surface area contributed by atoms with Gasteiger partial charge >= 0.3 is 6.09 Å². The zero-order valence-corrected chi connectivity index (χ0v) is 9.57. The van der Waals surface area contributed by atoms with Crippen LogP contribution in [0, 0.1) is 0 Å². The number of carbonyl (C=O) groups excluding carboxylic acids is 1. The minimum Gasteiger partial charge on any atom is -0.443 e. The average Bonchev–Trinajstić information content (AvgIpc) is 2.56. The Morgan fingerprint density at radius 3 is 1.93 bits per heavy atom. The Balaban J connectivity index is 0.000000791. The molecular weight excluding hydrogens is 178 g/mol. The molecular formula is C11H19NO2. The third-order valence-electron chi connectivity index (χ3n) is 1.21. The van der Waals surface area contributed by atoms with Crippen LogP contribution in [0.4, 0.5) is 4.79 Å². The number of hydrogen-bond donors (Lipinski definition) is 0. The third-order valence-corrected chi connectivity index (χ3v) is 1.21. The van der Waals surface area contributed by atoms with E-state index < -0.39 is 5.60 Å². The quantitative estimate of drug-likeness (QED) is 0.639. The van der Waals surface area contributed by atoms with Gasteiger partial charge in [-0.2, -0.15) is 0 Å². The molecule has 1 aromatic rings. The normalized spacial score (nSPS) is 10.1. The summed E-state index contributed by atoms with van der Waals surface area (Å²) in [4.78, 5) is 11.3. The lowest BCUT2D eigenvalue weighted by Crippen LogP contribution is -2.26. The zero-order valence-electron chi connectivity index (χ0n) is 9.57. The fourth-order valence-corrected chi connectivity index (χ4v) is 0.771. The van der Waals surface area contributed by atoms with Gasteiger partial charge in [-0.05, 0) is 32.9 Å². The summed E-state index contributed by atoms with van der Waals surface area (Å²) < 4.78 is 6.51. The van der Waals surface area contributed by atoms with E-state index >= 15 is 0 Å². The van der Waals surface area contributed by atoms with Gasteiger partial charge in [0.25, 0.3) is 0 Å². The van der Waals surface area contributed by atoms with Crippen LogP contribution < -0.4 is 0 Å². The molecule has 0 atom stereocenters. The van der Waals surface area contributed by atoms with Crippen molar-refractivity contribution in [2.75, 3.05) is 0 Å². The van der Waals surface area contributed by atoms with Gasteiger partial charge in [0.2, 0.25) is 0 Å². The van der Waals surface area contributed by atoms with Crippen LogP contribution in [0.5, 0.6) is 0 Å². The zero-order chi connectivity index (χ0) is 11.2. The lowest BCUT2D eigenvalue weighted by atomic mass is 10.2. The summed E-state index contributed by atoms with van der Waals surface area (Å²) in [7, 11) is 0. The minimum atomic E-state index is -0.429. The number of ether oxygens (including phenoxy) is 1. The molecule has 0 bridgehead atoms. The second kappa shape index (κ2) is 5.47. The summed E-state index contributed by atoms with van der Waals surface area (Å²) in [5, 5.41) is 0. The van der Waals surface area contributed by atoms with Crippen molar-refractivity contribution >= 4 is 6.09 Å². The minimum absolute atomic E-state index is 0.340. The van der Waals surface area contributed by atoms with Crippen molar-refractivity contribution in [1.82, 2.24) is 4.57 Å². The molecule has 0 amide bonds. The lowest BCUT2D eigenvalue weighted by molar-refractivity contribution is 0.0537. The molecule has 3 nitrogen and oxygen atoms in total. The van der Waals surface area contributed by atoms with Crippen LogP contribution >= 0.6 is 0 Å². The highest BCUT2D eigenvalue weighted by atomic mass is 16.6. The van der Waals surface area contributed by atoms with Crippen molar-refractivity contribution in [3.05, 3.63) is 24.5 Å². The van der Waals surface area contributed by atoms with Crippen LogP contribution in [-0.2, 0) is 4.74 Å². The maximum atomic E-state index is 11.3. The van der Waals surface area contributed by atoms with Gasteiger partial charge in [-0.1, -0.05) is 13.8 Å². The molecule has 0 saturated heterocycles. The molecule has 0 aliphatic heterocycles. The molecule has 0 N–H and O–H groups in total. The van der Waals surface area contributed by atoms with E-state index in [0.717, 1.165) is 0 Å². The molecule has 0 saturated carbocycles. The van der Waals surface area contributed by atoms with E-state index in [9.17, 15) is 4.79 Å². The molecule has 1 heterocycles. The smallest absolute Gasteiger partial charge is 0.418 e. The molecule has 14 heavy (non-hydrogen) atoms. The van der Waals surface area contributed by atoms with Crippen molar-refractivity contribution in [2.24, 2.45) is 0 Å². The van der Waals surface area contributed by atoms with Gasteiger partial charge in [-0.25, -0.2) is 4.79 Å². The second-order valence-corrected chi connectivity index (χ2v) is 3.57. The van der Waals surface area contributed by atoms with Crippen molar-refractivity contribution in [2.45, 2.75) is 40.2 Å². The van der Waals surface area contributed by atoms with Crippen LogP contribution in [-0.4, -0.2) is 16.3 Å². The molecule has 1 aromatic heterocycles. The summed E-state index contributed by atoms with van der Waals surface area (Å²) in [5.41, 5.74) is -0.429. The molecule has 0 aliphatic carbocycles. The summed E-state index contributed by atoms with van der Waals surface area (Å²) in [5.74, 6) is 0. The Morgan fingerprint density at radius 2 is 1.57 bits per heavy atom. The Kier molecular flexibility index (Phi) is 4.99. The van der Waals surface area contributed by atoms with E-state index in [1.165, 1.54) is 4.57 Å². The van der Waals surface area contributed by atoms with E-state index in [1.807, 2.05) is 34.6 Å². The standard InChI is InChI=1S/C9H13NO2.C2H6/c1-9(2,3)12-8(11)10-6-4-5-7-10;1-2/h4-7H,1-3H3;1-2H3. The predicted octanol–water partition coefficient (Wildman–Crippen LogP) is 3.30. The molecule has 0 unspecified atom stereocenters. The Morgan fingerprint density at radius 1 is 1.14 bits per heavy atom. The highest BCUT2D eigenvalue weighted by Crippen LogP contribution is 2.08. The van der Waals surface area contributed by atoms with Gasteiger partial charge < -0.3 is 4.74 Å². The van der Waals surface area contributed by atoms with Gasteiger partial charge in [0.1, 0.15) is 5.60 Å². The maximum Gasteiger partial charge on any atom is 0.418 e. The topological polar surface area (TPSA) is 31.2 Å². The maximum absolute atomic E-state index is 11.3. The van der Waals surface area contributed by atoms with Gasteiger partial charge in [-0.15, -0.1) is 0 Å². The molecule has 0 aromatic carbocycles. The Labute approximate surface area is 85.7 Å². The van der Waals surface area contributed by atoms with Crippen molar-refractivity contribution < 1.29 is 9.53 Å². The van der Waals surface area contributed by atoms with E-state index in [0.29, 0.717) is 0 Å². The number of rotatable bonds is 0. The first-order valence-electron chi connectivity index (χ1n) is 4.85. The fourth-order valence-electron chi connectivity index (χ4n) is 0.771. The van der Waals surface area contributed by atoms with Gasteiger partial charge in [0.15, 0.2) is 0 Å². The first kappa shape index (κ1) is 12.8. The largest absolute Gasteiger partial charge is 0.443 e. The Hall–Kier alpha value is -1.25. The van der Waals surface area contributed by atoms with Crippen LogP contribution in [0.2, 0.25) is 0 Å². The SMILES string of the molecule is CC.CC(C)(C)OC(=O)n1cccc1. The Bertz CT molecular complexity index is 257. The van der Waals surface area contributed by atoms with Crippen LogP contribution in [0.1, 0.15) is 34.6 Å². The lowest BCUT2D eigenvalue weighted by Gasteiger charge is -2.19. The van der Waals surface area contributed by atoms with Gasteiger partial charge in [0, 0.05) is 12.4 Å². The van der Waals surface area contributed by atoms with Crippen molar-refractivity contribution in [3.63, 3.8) is 0 Å². The third kappa shape index (κ3) is 4.70. The summed E-state index contributed by atoms with van der Waals surface area (Å²) in [6.45, 7) is 9.52. The summed E-state index contributed by atoms with van der Waals surface area (Å²) in [6, 6.07) is 3.56. The molecule has 0 fully saturated rings. The first-order valence-corrected chi connectivity index (χ1v) is 4.85. The molecule has 0 aliphatic rings. The second-order valence-electron chi connectivity index (χ2n) is 3.57. The monoisotopic (exact) mass is 197 g/mol. The first-order chi connectivity index (χ1) is 6.49. The van der Waals surface area contributed by atoms with E-state index in [4.69, 9.17) is 4.74 Å². The molecule has 0 radical (unpaired) electrons. The van der Waals surface area contributed by atoms with E-state index in [-0.39, 0.29) is 6.09 Å². The number of nitrogens with zero attached hydrogens (tertiary/aromatic N) is 1. The number of aromatic nitrogens is 1. The fraction of sp³-hybridized carbons (Fsp3) is 0.545. The van der Waals surface area contributed by atoms with Crippen LogP contribution in [0.15, 0.2) is 24.5 Å². The van der Waals surface area contributed by atoms with Crippen LogP contribution in [0.25, 0.3) is 0 Å². The van der Waals surface area contributed by atoms with Crippen LogP contribution in [0.3, 0.4) is 0 Å². The van der Waals surface area contributed by atoms with E-state index in [1.54, 1.807) is 24.5 Å². The van der Waals surface area contributed by atoms with Gasteiger partial charge in [0.05, 0.1) is 0 Å². The molecule has 1 rings (SSSR count). The van der Waals surface area contributed by atoms with E-state index in [2.05, 4.69) is 0 Å². The van der Waals surface area contributed by atoms with Gasteiger partial charge in [-0.3, -0.25) is 4.57 Å².